The molecule has 4 heteroatoms. The summed E-state index contributed by atoms with van der Waals surface area (Å²) in [6.07, 6.45) is 3.83. The van der Waals surface area contributed by atoms with Crippen molar-refractivity contribution in [2.24, 2.45) is 0 Å². The third-order valence-corrected chi connectivity index (χ3v) is 3.32. The summed E-state index contributed by atoms with van der Waals surface area (Å²) in [7, 11) is 2.06. The molecule has 0 spiro atoms. The summed E-state index contributed by atoms with van der Waals surface area (Å²) in [5.74, 6) is 0.979. The summed E-state index contributed by atoms with van der Waals surface area (Å²) in [5, 5.41) is 0. The minimum Gasteiger partial charge on any atom is -0.399 e. The molecule has 1 atom stereocenters. The molecular formula is C14H20N4. The van der Waals surface area contributed by atoms with Crippen LogP contribution in [0.1, 0.15) is 25.5 Å². The summed E-state index contributed by atoms with van der Waals surface area (Å²) in [6.45, 7) is 5.19. The molecule has 1 aromatic heterocycles. The number of nitrogen functional groups attached to an aromatic ring is 1. The Morgan fingerprint density at radius 2 is 2.22 bits per heavy atom. The van der Waals surface area contributed by atoms with Gasteiger partial charge in [-0.05, 0) is 31.5 Å². The summed E-state index contributed by atoms with van der Waals surface area (Å²) in [6, 6.07) is 8.24. The number of hydrogen-bond acceptors (Lipinski definition) is 3. The van der Waals surface area contributed by atoms with Crippen LogP contribution in [0, 0.1) is 0 Å². The van der Waals surface area contributed by atoms with Gasteiger partial charge in [0, 0.05) is 31.7 Å². The Morgan fingerprint density at radius 3 is 2.89 bits per heavy atom. The summed E-state index contributed by atoms with van der Waals surface area (Å²) < 4.78 is 2.13. The van der Waals surface area contributed by atoms with E-state index in [1.165, 1.54) is 5.56 Å². The zero-order valence-corrected chi connectivity index (χ0v) is 11.2. The number of aromatic nitrogens is 2. The first-order valence-corrected chi connectivity index (χ1v) is 6.23. The van der Waals surface area contributed by atoms with Crippen LogP contribution in [-0.4, -0.2) is 16.6 Å². The van der Waals surface area contributed by atoms with Crippen LogP contribution in [0.4, 0.5) is 11.6 Å². The maximum atomic E-state index is 5.83. The van der Waals surface area contributed by atoms with Crippen molar-refractivity contribution < 1.29 is 0 Å². The molecule has 0 saturated carbocycles. The lowest BCUT2D eigenvalue weighted by Gasteiger charge is -2.27. The van der Waals surface area contributed by atoms with E-state index in [0.29, 0.717) is 0 Å². The predicted molar refractivity (Wildman–Crippen MR) is 75.6 cm³/mol. The third kappa shape index (κ3) is 2.32. The molecule has 1 heterocycles. The van der Waals surface area contributed by atoms with Gasteiger partial charge < -0.3 is 15.2 Å². The lowest BCUT2D eigenvalue weighted by Crippen LogP contribution is -2.25. The molecule has 2 aromatic rings. The molecule has 0 fully saturated rings. The highest BCUT2D eigenvalue weighted by Crippen LogP contribution is 2.25. The standard InChI is InChI=1S/C14H20N4/c1-4-18-9-8-16-14(18)17(3)11(2)12-6-5-7-13(15)10-12/h5-11H,4,15H2,1-3H3. The molecule has 0 bridgehead atoms. The molecule has 2 rings (SSSR count). The summed E-state index contributed by atoms with van der Waals surface area (Å²) in [5.41, 5.74) is 7.83. The van der Waals surface area contributed by atoms with Crippen molar-refractivity contribution in [3.05, 3.63) is 42.2 Å². The highest BCUT2D eigenvalue weighted by atomic mass is 15.3. The topological polar surface area (TPSA) is 47.1 Å². The first-order valence-electron chi connectivity index (χ1n) is 6.23. The quantitative estimate of drug-likeness (QED) is 0.841. The van der Waals surface area contributed by atoms with E-state index < -0.39 is 0 Å². The maximum absolute atomic E-state index is 5.83. The van der Waals surface area contributed by atoms with Crippen molar-refractivity contribution in [1.82, 2.24) is 9.55 Å². The van der Waals surface area contributed by atoms with Gasteiger partial charge in [-0.3, -0.25) is 0 Å². The number of nitrogens with two attached hydrogens (primary N) is 1. The van der Waals surface area contributed by atoms with Crippen LogP contribution in [0.3, 0.4) is 0 Å². The van der Waals surface area contributed by atoms with Crippen LogP contribution in [0.5, 0.6) is 0 Å². The van der Waals surface area contributed by atoms with Gasteiger partial charge in [-0.15, -0.1) is 0 Å². The number of aryl methyl sites for hydroxylation is 1. The number of nitrogens with zero attached hydrogens (tertiary/aromatic N) is 3. The molecule has 0 saturated heterocycles. The fourth-order valence-electron chi connectivity index (χ4n) is 2.08. The average molecular weight is 244 g/mol. The second kappa shape index (κ2) is 5.12. The SMILES string of the molecule is CCn1ccnc1N(C)C(C)c1cccc(N)c1. The van der Waals surface area contributed by atoms with Crippen LogP contribution in [0.2, 0.25) is 0 Å². The third-order valence-electron chi connectivity index (χ3n) is 3.32. The smallest absolute Gasteiger partial charge is 0.205 e. The Balaban J connectivity index is 2.26. The lowest BCUT2D eigenvalue weighted by atomic mass is 10.1. The average Bonchev–Trinajstić information content (AvgIpc) is 2.85. The molecule has 0 aliphatic heterocycles. The zero-order chi connectivity index (χ0) is 13.1. The Bertz CT molecular complexity index is 518. The van der Waals surface area contributed by atoms with Crippen LogP contribution < -0.4 is 10.6 Å². The number of rotatable bonds is 4. The molecule has 2 N–H and O–H groups in total. The molecular weight excluding hydrogens is 224 g/mol. The fourth-order valence-corrected chi connectivity index (χ4v) is 2.08. The van der Waals surface area contributed by atoms with Gasteiger partial charge in [-0.25, -0.2) is 4.98 Å². The first-order chi connectivity index (χ1) is 8.63. The van der Waals surface area contributed by atoms with Gasteiger partial charge in [0.2, 0.25) is 5.95 Å². The molecule has 1 unspecified atom stereocenters. The van der Waals surface area contributed by atoms with Gasteiger partial charge in [0.25, 0.3) is 0 Å². The van der Waals surface area contributed by atoms with Crippen LogP contribution in [-0.2, 0) is 6.54 Å². The van der Waals surface area contributed by atoms with E-state index in [2.05, 4.69) is 41.4 Å². The fraction of sp³-hybridized carbons (Fsp3) is 0.357. The van der Waals surface area contributed by atoms with Crippen molar-refractivity contribution in [1.29, 1.82) is 0 Å². The number of benzene rings is 1. The van der Waals surface area contributed by atoms with Crippen molar-refractivity contribution in [3.63, 3.8) is 0 Å². The lowest BCUT2D eigenvalue weighted by molar-refractivity contribution is 0.666. The second-order valence-electron chi connectivity index (χ2n) is 4.47. The number of hydrogen-bond donors (Lipinski definition) is 1. The summed E-state index contributed by atoms with van der Waals surface area (Å²) in [4.78, 5) is 6.58. The second-order valence-corrected chi connectivity index (χ2v) is 4.47. The highest BCUT2D eigenvalue weighted by molar-refractivity contribution is 5.44. The Kier molecular flexibility index (Phi) is 3.55. The van der Waals surface area contributed by atoms with Gasteiger partial charge in [0.1, 0.15) is 0 Å². The summed E-state index contributed by atoms with van der Waals surface area (Å²) >= 11 is 0. The Labute approximate surface area is 108 Å². The van der Waals surface area contributed by atoms with E-state index in [4.69, 9.17) is 5.73 Å². The number of imidazole rings is 1. The van der Waals surface area contributed by atoms with E-state index in [1.54, 1.807) is 0 Å². The molecule has 0 aliphatic carbocycles. The molecule has 0 aliphatic rings. The van der Waals surface area contributed by atoms with Crippen molar-refractivity contribution in [2.45, 2.75) is 26.4 Å². The van der Waals surface area contributed by atoms with E-state index in [9.17, 15) is 0 Å². The van der Waals surface area contributed by atoms with E-state index >= 15 is 0 Å². The van der Waals surface area contributed by atoms with E-state index in [0.717, 1.165) is 18.2 Å². The monoisotopic (exact) mass is 244 g/mol. The van der Waals surface area contributed by atoms with E-state index in [-0.39, 0.29) is 6.04 Å². The maximum Gasteiger partial charge on any atom is 0.205 e. The molecule has 1 aromatic carbocycles. The van der Waals surface area contributed by atoms with Gasteiger partial charge in [-0.1, -0.05) is 12.1 Å². The largest absolute Gasteiger partial charge is 0.399 e. The van der Waals surface area contributed by atoms with Crippen LogP contribution in [0.15, 0.2) is 36.7 Å². The van der Waals surface area contributed by atoms with Gasteiger partial charge in [-0.2, -0.15) is 0 Å². The van der Waals surface area contributed by atoms with Gasteiger partial charge >= 0.3 is 0 Å². The van der Waals surface area contributed by atoms with Crippen molar-refractivity contribution >= 4 is 11.6 Å². The zero-order valence-electron chi connectivity index (χ0n) is 11.2. The minimum absolute atomic E-state index is 0.237. The van der Waals surface area contributed by atoms with Crippen molar-refractivity contribution in [2.75, 3.05) is 17.7 Å². The highest BCUT2D eigenvalue weighted by Gasteiger charge is 2.16. The molecule has 18 heavy (non-hydrogen) atoms. The molecule has 0 radical (unpaired) electrons. The van der Waals surface area contributed by atoms with Crippen LogP contribution >= 0.6 is 0 Å². The van der Waals surface area contributed by atoms with Crippen LogP contribution in [0.25, 0.3) is 0 Å². The molecule has 0 amide bonds. The molecule has 96 valence electrons. The normalized spacial score (nSPS) is 12.4. The number of anilines is 2. The van der Waals surface area contributed by atoms with E-state index in [1.807, 2.05) is 30.6 Å². The van der Waals surface area contributed by atoms with Crippen molar-refractivity contribution in [3.8, 4) is 0 Å². The first kappa shape index (κ1) is 12.5. The minimum atomic E-state index is 0.237. The van der Waals surface area contributed by atoms with Gasteiger partial charge in [0.05, 0.1) is 6.04 Å². The van der Waals surface area contributed by atoms with Gasteiger partial charge in [0.15, 0.2) is 0 Å². The Morgan fingerprint density at radius 1 is 1.44 bits per heavy atom. The predicted octanol–water partition coefficient (Wildman–Crippen LogP) is 2.68. The Hall–Kier alpha value is -1.97. The molecule has 4 nitrogen and oxygen atoms in total.